The molecule has 0 aliphatic carbocycles. The predicted octanol–water partition coefficient (Wildman–Crippen LogP) is 1.67. The highest BCUT2D eigenvalue weighted by Crippen LogP contribution is 2.31. The molecule has 2 aliphatic heterocycles. The zero-order valence-electron chi connectivity index (χ0n) is 13.0. The summed E-state index contributed by atoms with van der Waals surface area (Å²) in [5.74, 6) is 1.88. The van der Waals surface area contributed by atoms with Gasteiger partial charge in [0.1, 0.15) is 5.82 Å². The number of rotatable bonds is 3. The summed E-state index contributed by atoms with van der Waals surface area (Å²) in [4.78, 5) is 18.5. The number of likely N-dealkylation sites (tertiary alicyclic amines) is 1. The Morgan fingerprint density at radius 1 is 1.22 bits per heavy atom. The lowest BCUT2D eigenvalue weighted by Gasteiger charge is -2.25. The van der Waals surface area contributed by atoms with Gasteiger partial charge >= 0.3 is 6.03 Å². The number of carbonyl (C=O) groups excluding carboxylic acids is 1. The van der Waals surface area contributed by atoms with E-state index in [9.17, 15) is 4.79 Å². The van der Waals surface area contributed by atoms with Crippen LogP contribution in [0.25, 0.3) is 0 Å². The van der Waals surface area contributed by atoms with E-state index in [1.165, 1.54) is 0 Å². The van der Waals surface area contributed by atoms with E-state index >= 15 is 0 Å². The Morgan fingerprint density at radius 3 is 2.96 bits per heavy atom. The fraction of sp³-hybridized carbons (Fsp3) is 0.500. The standard InChI is InChI=1S/C16H20N6O/c23-16(18-11-15-20-19-14-4-2-10-22(14)15)21-9-1-3-13(21)12-5-7-17-8-6-12/h5-8,13H,1-4,9-11H2,(H,18,23)/t13-/m0/s1. The van der Waals surface area contributed by atoms with Crippen molar-refractivity contribution in [2.45, 2.75) is 44.8 Å². The van der Waals surface area contributed by atoms with Gasteiger partial charge in [0.05, 0.1) is 12.6 Å². The average Bonchev–Trinajstić information content (AvgIpc) is 3.30. The summed E-state index contributed by atoms with van der Waals surface area (Å²) in [6.45, 7) is 2.18. The molecule has 1 saturated heterocycles. The van der Waals surface area contributed by atoms with Gasteiger partial charge in [-0.2, -0.15) is 0 Å². The van der Waals surface area contributed by atoms with E-state index in [-0.39, 0.29) is 12.1 Å². The molecule has 2 amide bonds. The van der Waals surface area contributed by atoms with Crippen molar-refractivity contribution in [2.75, 3.05) is 6.54 Å². The number of aromatic nitrogens is 4. The predicted molar refractivity (Wildman–Crippen MR) is 83.5 cm³/mol. The highest BCUT2D eigenvalue weighted by atomic mass is 16.2. The third-order valence-electron chi connectivity index (χ3n) is 4.69. The smallest absolute Gasteiger partial charge is 0.318 e. The lowest BCUT2D eigenvalue weighted by atomic mass is 10.1. The van der Waals surface area contributed by atoms with Crippen molar-refractivity contribution in [3.05, 3.63) is 41.7 Å². The molecular formula is C16H20N6O. The molecule has 0 bridgehead atoms. The number of amides is 2. The van der Waals surface area contributed by atoms with E-state index in [1.54, 1.807) is 12.4 Å². The Labute approximate surface area is 134 Å². The van der Waals surface area contributed by atoms with Crippen LogP contribution in [0.5, 0.6) is 0 Å². The summed E-state index contributed by atoms with van der Waals surface area (Å²) in [7, 11) is 0. The van der Waals surface area contributed by atoms with Crippen LogP contribution in [-0.2, 0) is 19.5 Å². The van der Waals surface area contributed by atoms with Crippen molar-refractivity contribution in [3.8, 4) is 0 Å². The number of nitrogens with zero attached hydrogens (tertiary/aromatic N) is 5. The summed E-state index contributed by atoms with van der Waals surface area (Å²) in [6, 6.07) is 4.09. The lowest BCUT2D eigenvalue weighted by Crippen LogP contribution is -2.39. The molecule has 4 heterocycles. The van der Waals surface area contributed by atoms with Crippen LogP contribution in [0.3, 0.4) is 0 Å². The summed E-state index contributed by atoms with van der Waals surface area (Å²) in [6.07, 6.45) is 7.68. The van der Waals surface area contributed by atoms with Crippen molar-refractivity contribution in [1.82, 2.24) is 30.0 Å². The minimum atomic E-state index is -0.0281. The molecule has 2 aromatic rings. The quantitative estimate of drug-likeness (QED) is 0.935. The Bertz CT molecular complexity index is 698. The number of hydrogen-bond donors (Lipinski definition) is 1. The van der Waals surface area contributed by atoms with Crippen LogP contribution in [0.4, 0.5) is 4.79 Å². The van der Waals surface area contributed by atoms with E-state index in [1.807, 2.05) is 17.0 Å². The monoisotopic (exact) mass is 312 g/mol. The Hall–Kier alpha value is -2.44. The van der Waals surface area contributed by atoms with Gasteiger partial charge in [0.15, 0.2) is 5.82 Å². The first-order valence-corrected chi connectivity index (χ1v) is 8.18. The zero-order valence-corrected chi connectivity index (χ0v) is 13.0. The maximum absolute atomic E-state index is 12.6. The molecule has 120 valence electrons. The summed E-state index contributed by atoms with van der Waals surface area (Å²) < 4.78 is 2.12. The molecular weight excluding hydrogens is 292 g/mol. The van der Waals surface area contributed by atoms with Gasteiger partial charge in [0.2, 0.25) is 0 Å². The third-order valence-corrected chi connectivity index (χ3v) is 4.69. The third kappa shape index (κ3) is 2.67. The number of nitrogens with one attached hydrogen (secondary N) is 1. The fourth-order valence-electron chi connectivity index (χ4n) is 3.54. The molecule has 0 saturated carbocycles. The molecule has 1 N–H and O–H groups in total. The Morgan fingerprint density at radius 2 is 2.09 bits per heavy atom. The van der Waals surface area contributed by atoms with Gasteiger partial charge in [-0.05, 0) is 37.0 Å². The highest BCUT2D eigenvalue weighted by molar-refractivity contribution is 5.75. The second kappa shape index (κ2) is 5.98. The second-order valence-corrected chi connectivity index (χ2v) is 6.08. The molecule has 2 aliphatic rings. The molecule has 1 atom stereocenters. The van der Waals surface area contributed by atoms with Crippen molar-refractivity contribution in [3.63, 3.8) is 0 Å². The zero-order chi connectivity index (χ0) is 15.6. The maximum Gasteiger partial charge on any atom is 0.318 e. The molecule has 7 nitrogen and oxygen atoms in total. The highest BCUT2D eigenvalue weighted by Gasteiger charge is 2.30. The number of carbonyl (C=O) groups is 1. The molecule has 0 spiro atoms. The normalized spacial score (nSPS) is 19.8. The van der Waals surface area contributed by atoms with E-state index in [0.717, 1.165) is 56.0 Å². The van der Waals surface area contributed by atoms with Crippen LogP contribution < -0.4 is 5.32 Å². The molecule has 4 rings (SSSR count). The number of pyridine rings is 1. The molecule has 0 aromatic carbocycles. The van der Waals surface area contributed by atoms with Crippen LogP contribution in [-0.4, -0.2) is 37.2 Å². The first-order chi connectivity index (χ1) is 11.3. The van der Waals surface area contributed by atoms with Gasteiger partial charge in [-0.15, -0.1) is 10.2 Å². The lowest BCUT2D eigenvalue weighted by molar-refractivity contribution is 0.192. The van der Waals surface area contributed by atoms with Crippen molar-refractivity contribution >= 4 is 6.03 Å². The summed E-state index contributed by atoms with van der Waals surface area (Å²) >= 11 is 0. The van der Waals surface area contributed by atoms with E-state index in [0.29, 0.717) is 6.54 Å². The van der Waals surface area contributed by atoms with Gasteiger partial charge < -0.3 is 14.8 Å². The molecule has 0 unspecified atom stereocenters. The fourth-order valence-corrected chi connectivity index (χ4v) is 3.54. The minimum Gasteiger partial charge on any atom is -0.331 e. The largest absolute Gasteiger partial charge is 0.331 e. The van der Waals surface area contributed by atoms with Crippen molar-refractivity contribution < 1.29 is 4.79 Å². The number of hydrogen-bond acceptors (Lipinski definition) is 4. The maximum atomic E-state index is 12.6. The van der Waals surface area contributed by atoms with Crippen molar-refractivity contribution in [1.29, 1.82) is 0 Å². The Balaban J connectivity index is 1.42. The van der Waals surface area contributed by atoms with E-state index in [2.05, 4.69) is 25.1 Å². The molecule has 7 heteroatoms. The van der Waals surface area contributed by atoms with Crippen LogP contribution in [0.1, 0.15) is 42.5 Å². The van der Waals surface area contributed by atoms with Crippen LogP contribution in [0.15, 0.2) is 24.5 Å². The van der Waals surface area contributed by atoms with Gasteiger partial charge in [0, 0.05) is 31.9 Å². The number of urea groups is 1. The number of aryl methyl sites for hydroxylation is 1. The molecule has 2 aromatic heterocycles. The van der Waals surface area contributed by atoms with Crippen molar-refractivity contribution in [2.24, 2.45) is 0 Å². The SMILES string of the molecule is O=C(NCc1nnc2n1CCC2)N1CCC[C@H]1c1ccncc1. The topological polar surface area (TPSA) is 75.9 Å². The first-order valence-electron chi connectivity index (χ1n) is 8.18. The van der Waals surface area contributed by atoms with Crippen LogP contribution in [0, 0.1) is 0 Å². The average molecular weight is 312 g/mol. The van der Waals surface area contributed by atoms with Gasteiger partial charge in [0.25, 0.3) is 0 Å². The molecule has 23 heavy (non-hydrogen) atoms. The summed E-state index contributed by atoms with van der Waals surface area (Å²) in [5.41, 5.74) is 1.15. The van der Waals surface area contributed by atoms with Gasteiger partial charge in [-0.3, -0.25) is 4.98 Å². The molecule has 1 fully saturated rings. The van der Waals surface area contributed by atoms with Crippen LogP contribution in [0.2, 0.25) is 0 Å². The van der Waals surface area contributed by atoms with E-state index < -0.39 is 0 Å². The van der Waals surface area contributed by atoms with Gasteiger partial charge in [-0.25, -0.2) is 4.79 Å². The summed E-state index contributed by atoms with van der Waals surface area (Å²) in [5, 5.41) is 11.4. The first kappa shape index (κ1) is 14.2. The number of fused-ring (bicyclic) bond motifs is 1. The van der Waals surface area contributed by atoms with Gasteiger partial charge in [-0.1, -0.05) is 0 Å². The molecule has 0 radical (unpaired) electrons. The van der Waals surface area contributed by atoms with E-state index in [4.69, 9.17) is 0 Å². The second-order valence-electron chi connectivity index (χ2n) is 6.08. The minimum absolute atomic E-state index is 0.0281. The Kier molecular flexibility index (Phi) is 3.69. The van der Waals surface area contributed by atoms with Crippen LogP contribution >= 0.6 is 0 Å².